The van der Waals surface area contributed by atoms with Crippen LogP contribution in [-0.4, -0.2) is 70.3 Å². The van der Waals surface area contributed by atoms with E-state index in [9.17, 15) is 36.7 Å². The summed E-state index contributed by atoms with van der Waals surface area (Å²) >= 11 is 0. The second-order valence-corrected chi connectivity index (χ2v) is 10.7. The van der Waals surface area contributed by atoms with Gasteiger partial charge in [-0.2, -0.15) is 13.2 Å². The first-order valence-corrected chi connectivity index (χ1v) is 13.2. The monoisotopic (exact) mass is 589 g/mol. The van der Waals surface area contributed by atoms with Crippen LogP contribution in [0.2, 0.25) is 0 Å². The van der Waals surface area contributed by atoms with Gasteiger partial charge in [0, 0.05) is 25.8 Å². The molecule has 1 spiro atoms. The molecule has 0 saturated carbocycles. The van der Waals surface area contributed by atoms with Crippen LogP contribution >= 0.6 is 0 Å². The van der Waals surface area contributed by atoms with Crippen molar-refractivity contribution in [2.45, 2.75) is 44.4 Å². The molecule has 42 heavy (non-hydrogen) atoms. The Labute approximate surface area is 237 Å². The topological polar surface area (TPSA) is 116 Å². The molecule has 0 bridgehead atoms. The van der Waals surface area contributed by atoms with Crippen molar-refractivity contribution in [3.05, 3.63) is 59.7 Å². The summed E-state index contributed by atoms with van der Waals surface area (Å²) in [4.78, 5) is 61.0. The van der Waals surface area contributed by atoms with Gasteiger partial charge in [0.15, 0.2) is 12.0 Å². The average molecular weight is 590 g/mol. The van der Waals surface area contributed by atoms with Crippen LogP contribution in [0.25, 0.3) is 11.1 Å². The third-order valence-electron chi connectivity index (χ3n) is 7.84. The number of carbonyl (C=O) groups excluding carboxylic acids is 4. The van der Waals surface area contributed by atoms with Crippen molar-refractivity contribution < 1.29 is 41.2 Å². The van der Waals surface area contributed by atoms with Gasteiger partial charge >= 0.3 is 12.2 Å². The molecule has 5 amide bonds. The largest absolute Gasteiger partial charge is 0.443 e. The highest BCUT2D eigenvalue weighted by atomic mass is 19.4. The maximum Gasteiger partial charge on any atom is 0.416 e. The number of hydrogen-bond donors (Lipinski definition) is 1. The van der Waals surface area contributed by atoms with Gasteiger partial charge < -0.3 is 14.6 Å². The number of nitrogens with zero attached hydrogens (tertiary/aromatic N) is 4. The number of rotatable bonds is 5. The average Bonchev–Trinajstić information content (AvgIpc) is 3.48. The summed E-state index contributed by atoms with van der Waals surface area (Å²) < 4.78 is 59.0. The van der Waals surface area contributed by atoms with Crippen molar-refractivity contribution in [2.75, 3.05) is 25.0 Å². The summed E-state index contributed by atoms with van der Waals surface area (Å²) in [5, 5.41) is 2.39. The fraction of sp³-hybridized carbons (Fsp3) is 0.393. The van der Waals surface area contributed by atoms with Crippen LogP contribution in [0.5, 0.6) is 0 Å². The summed E-state index contributed by atoms with van der Waals surface area (Å²) in [7, 11) is 1.38. The number of likely N-dealkylation sites (N-methyl/N-ethyl adjacent to an activating group) is 1. The number of alkyl halides is 3. The fourth-order valence-electron chi connectivity index (χ4n) is 5.51. The number of oxazole rings is 1. The Morgan fingerprint density at radius 3 is 2.40 bits per heavy atom. The van der Waals surface area contributed by atoms with Crippen molar-refractivity contribution in [3.8, 4) is 0 Å². The maximum atomic E-state index is 14.3. The number of fused-ring (bicyclic) bond motifs is 1. The second-order valence-electron chi connectivity index (χ2n) is 10.7. The lowest BCUT2D eigenvalue weighted by Crippen LogP contribution is -2.60. The van der Waals surface area contributed by atoms with E-state index < -0.39 is 64.4 Å². The van der Waals surface area contributed by atoms with E-state index in [4.69, 9.17) is 4.42 Å². The lowest BCUT2D eigenvalue weighted by molar-refractivity contribution is -0.139. The second kappa shape index (κ2) is 10.4. The zero-order valence-electron chi connectivity index (χ0n) is 22.9. The fourth-order valence-corrected chi connectivity index (χ4v) is 5.51. The normalized spacial score (nSPS) is 18.0. The molecule has 5 rings (SSSR count). The number of urea groups is 1. The van der Waals surface area contributed by atoms with Gasteiger partial charge in [0.05, 0.1) is 11.1 Å². The lowest BCUT2D eigenvalue weighted by atomic mass is 9.85. The number of piperidine rings is 1. The molecule has 2 aliphatic heterocycles. The molecule has 2 aliphatic rings. The van der Waals surface area contributed by atoms with Gasteiger partial charge in [-0.1, -0.05) is 13.8 Å². The summed E-state index contributed by atoms with van der Waals surface area (Å²) in [5.41, 5.74) is -1.86. The molecular weight excluding hydrogens is 562 g/mol. The van der Waals surface area contributed by atoms with E-state index in [-0.39, 0.29) is 25.9 Å². The van der Waals surface area contributed by atoms with Crippen LogP contribution in [0, 0.1) is 11.7 Å². The third kappa shape index (κ3) is 4.84. The number of imide groups is 1. The molecule has 222 valence electrons. The van der Waals surface area contributed by atoms with Crippen LogP contribution in [-0.2, 0) is 15.8 Å². The van der Waals surface area contributed by atoms with E-state index in [1.54, 1.807) is 32.0 Å². The highest BCUT2D eigenvalue weighted by Crippen LogP contribution is 2.41. The lowest BCUT2D eigenvalue weighted by Gasteiger charge is -2.43. The molecule has 3 aromatic rings. The Bertz CT molecular complexity index is 1580. The molecule has 14 heteroatoms. The molecule has 0 aliphatic carbocycles. The van der Waals surface area contributed by atoms with Crippen LogP contribution in [0.1, 0.15) is 42.6 Å². The van der Waals surface area contributed by atoms with Gasteiger partial charge in [-0.3, -0.25) is 24.2 Å². The Balaban J connectivity index is 1.35. The van der Waals surface area contributed by atoms with Crippen molar-refractivity contribution in [3.63, 3.8) is 0 Å². The summed E-state index contributed by atoms with van der Waals surface area (Å²) in [6.07, 6.45) is -3.35. The van der Waals surface area contributed by atoms with Crippen molar-refractivity contribution in [1.29, 1.82) is 0 Å². The molecule has 2 fully saturated rings. The van der Waals surface area contributed by atoms with E-state index in [0.717, 1.165) is 4.90 Å². The molecule has 1 unspecified atom stereocenters. The van der Waals surface area contributed by atoms with Gasteiger partial charge in [0.1, 0.15) is 22.9 Å². The van der Waals surface area contributed by atoms with Gasteiger partial charge in [0.25, 0.3) is 11.8 Å². The van der Waals surface area contributed by atoms with Gasteiger partial charge in [-0.05, 0) is 55.2 Å². The summed E-state index contributed by atoms with van der Waals surface area (Å²) in [5.74, 6) is -3.79. The van der Waals surface area contributed by atoms with E-state index in [1.165, 1.54) is 23.2 Å². The zero-order valence-corrected chi connectivity index (χ0v) is 22.9. The molecule has 1 atom stereocenters. The zero-order chi connectivity index (χ0) is 30.6. The van der Waals surface area contributed by atoms with Crippen molar-refractivity contribution in [2.24, 2.45) is 5.92 Å². The van der Waals surface area contributed by atoms with Crippen LogP contribution in [0.4, 0.5) is 28.0 Å². The summed E-state index contributed by atoms with van der Waals surface area (Å²) in [6.45, 7) is 3.36. The van der Waals surface area contributed by atoms with Crippen LogP contribution in [0.15, 0.2) is 47.2 Å². The minimum Gasteiger partial charge on any atom is -0.443 e. The minimum absolute atomic E-state index is 0.0470. The maximum absolute atomic E-state index is 14.3. The minimum atomic E-state index is -4.79. The highest BCUT2D eigenvalue weighted by Gasteiger charge is 2.58. The number of amides is 5. The van der Waals surface area contributed by atoms with Crippen molar-refractivity contribution in [1.82, 2.24) is 20.1 Å². The number of hydrogen-bond acceptors (Lipinski definition) is 6. The molecule has 10 nitrogen and oxygen atoms in total. The molecule has 1 N–H and O–H groups in total. The predicted octanol–water partition coefficient (Wildman–Crippen LogP) is 4.20. The van der Waals surface area contributed by atoms with Crippen molar-refractivity contribution >= 4 is 40.5 Å². The number of carbonyl (C=O) groups is 4. The van der Waals surface area contributed by atoms with Gasteiger partial charge in [0.2, 0.25) is 5.91 Å². The standard InChI is InChI=1S/C28H27F4N5O5/c1-15(2)22(34-23(38)18-12-16(28(30,31)32)4-6-19(18)29)24(39)36-10-8-27(9-11-36)25(40)35(3)26(41)37(27)17-5-7-21-20(13-17)33-14-42-21/h4-7,12-15,22H,8-11H2,1-3H3,(H,34,38). The van der Waals surface area contributed by atoms with E-state index in [2.05, 4.69) is 10.3 Å². The molecule has 3 heterocycles. The number of likely N-dealkylation sites (tertiary alicyclic amines) is 1. The Morgan fingerprint density at radius 2 is 1.76 bits per heavy atom. The SMILES string of the molecule is CC(C)C(NC(=O)c1cc(C(F)(F)F)ccc1F)C(=O)N1CCC2(CC1)C(=O)N(C)C(=O)N2c1ccc2ocnc2c1. The molecule has 0 radical (unpaired) electrons. The smallest absolute Gasteiger partial charge is 0.416 e. The molecular formula is C28H27F4N5O5. The van der Waals surface area contributed by atoms with Crippen LogP contribution < -0.4 is 10.2 Å². The van der Waals surface area contributed by atoms with E-state index in [1.807, 2.05) is 0 Å². The number of anilines is 1. The third-order valence-corrected chi connectivity index (χ3v) is 7.84. The van der Waals surface area contributed by atoms with Crippen LogP contribution in [0.3, 0.4) is 0 Å². The highest BCUT2D eigenvalue weighted by molar-refractivity contribution is 6.17. The Kier molecular flexibility index (Phi) is 7.19. The first-order chi connectivity index (χ1) is 19.7. The summed E-state index contributed by atoms with van der Waals surface area (Å²) in [6, 6.07) is 4.70. The number of nitrogens with one attached hydrogen (secondary N) is 1. The van der Waals surface area contributed by atoms with E-state index >= 15 is 0 Å². The predicted molar refractivity (Wildman–Crippen MR) is 141 cm³/mol. The molecule has 2 saturated heterocycles. The Morgan fingerprint density at radius 1 is 1.07 bits per heavy atom. The number of benzene rings is 2. The first kappa shape index (κ1) is 29.0. The van der Waals surface area contributed by atoms with E-state index in [0.29, 0.717) is 35.0 Å². The Hall–Kier alpha value is -4.49. The molecule has 2 aromatic carbocycles. The quantitative estimate of drug-likeness (QED) is 0.352. The first-order valence-electron chi connectivity index (χ1n) is 13.2. The van der Waals surface area contributed by atoms with Gasteiger partial charge in [-0.25, -0.2) is 14.2 Å². The number of halogens is 4. The number of aromatic nitrogens is 1. The van der Waals surface area contributed by atoms with Gasteiger partial charge in [-0.15, -0.1) is 0 Å². The molecule has 1 aromatic heterocycles.